The highest BCUT2D eigenvalue weighted by atomic mass is 32.1. The molecule has 1 fully saturated rings. The molecule has 0 bridgehead atoms. The number of carbonyl (C=O) groups excluding carboxylic acids is 2. The van der Waals surface area contributed by atoms with Gasteiger partial charge < -0.3 is 14.5 Å². The highest BCUT2D eigenvalue weighted by molar-refractivity contribution is 7.11. The lowest BCUT2D eigenvalue weighted by molar-refractivity contribution is -0.137. The lowest BCUT2D eigenvalue weighted by Gasteiger charge is -2.37. The van der Waals surface area contributed by atoms with Crippen molar-refractivity contribution in [2.24, 2.45) is 0 Å². The van der Waals surface area contributed by atoms with E-state index < -0.39 is 0 Å². The van der Waals surface area contributed by atoms with Gasteiger partial charge in [-0.1, -0.05) is 24.3 Å². The lowest BCUT2D eigenvalue weighted by atomic mass is 10.1. The summed E-state index contributed by atoms with van der Waals surface area (Å²) in [7, 11) is 0. The molecule has 2 aromatic rings. The Bertz CT molecular complexity index is 932. The van der Waals surface area contributed by atoms with Crippen LogP contribution in [0.4, 0.5) is 5.69 Å². The smallest absolute Gasteiger partial charge is 0.277 e. The van der Waals surface area contributed by atoms with E-state index in [4.69, 9.17) is 4.74 Å². The Morgan fingerprint density at radius 3 is 2.29 bits per heavy atom. The van der Waals surface area contributed by atoms with Crippen molar-refractivity contribution >= 4 is 34.4 Å². The fourth-order valence-electron chi connectivity index (χ4n) is 4.07. The van der Waals surface area contributed by atoms with E-state index in [0.29, 0.717) is 43.9 Å². The average Bonchev–Trinajstić information content (AvgIpc) is 3.39. The molecule has 3 heterocycles. The molecule has 1 saturated heterocycles. The number of imide groups is 1. The topological polar surface area (TPSA) is 53.1 Å². The SMILES string of the molecule is CC(C)OCCCN1C(=O)C(c2cccs2)=C(N2CCN(c3ccccc3)CC2)C1=O. The number of hydrogen-bond donors (Lipinski definition) is 0. The maximum Gasteiger partial charge on any atom is 0.277 e. The third-order valence-corrected chi connectivity index (χ3v) is 6.49. The second-order valence-corrected chi connectivity index (χ2v) is 8.99. The van der Waals surface area contributed by atoms with E-state index in [0.717, 1.165) is 18.0 Å². The molecule has 0 N–H and O–H groups in total. The van der Waals surface area contributed by atoms with Crippen molar-refractivity contribution in [3.05, 3.63) is 58.4 Å². The molecule has 164 valence electrons. The molecule has 0 saturated carbocycles. The summed E-state index contributed by atoms with van der Waals surface area (Å²) in [6.07, 6.45) is 0.781. The number of para-hydroxylation sites is 1. The van der Waals surface area contributed by atoms with Crippen LogP contribution in [-0.2, 0) is 14.3 Å². The van der Waals surface area contributed by atoms with Crippen LogP contribution < -0.4 is 4.90 Å². The maximum absolute atomic E-state index is 13.4. The van der Waals surface area contributed by atoms with E-state index in [1.807, 2.05) is 49.6 Å². The number of carbonyl (C=O) groups is 2. The Labute approximate surface area is 187 Å². The number of anilines is 1. The van der Waals surface area contributed by atoms with Crippen molar-refractivity contribution in [1.29, 1.82) is 0 Å². The van der Waals surface area contributed by atoms with Gasteiger partial charge in [0.2, 0.25) is 0 Å². The van der Waals surface area contributed by atoms with Gasteiger partial charge in [-0.05, 0) is 43.8 Å². The number of ether oxygens (including phenoxy) is 1. The van der Waals surface area contributed by atoms with Crippen molar-refractivity contribution in [3.63, 3.8) is 0 Å². The Hall–Kier alpha value is -2.64. The molecular weight excluding hydrogens is 410 g/mol. The zero-order valence-corrected chi connectivity index (χ0v) is 18.9. The van der Waals surface area contributed by atoms with E-state index in [-0.39, 0.29) is 17.9 Å². The number of nitrogens with zero attached hydrogens (tertiary/aromatic N) is 3. The first-order chi connectivity index (χ1) is 15.1. The van der Waals surface area contributed by atoms with Gasteiger partial charge in [0.25, 0.3) is 11.8 Å². The summed E-state index contributed by atoms with van der Waals surface area (Å²) in [5.74, 6) is -0.358. The molecular formula is C24H29N3O3S. The number of benzene rings is 1. The lowest BCUT2D eigenvalue weighted by Crippen LogP contribution is -2.47. The van der Waals surface area contributed by atoms with Crippen LogP contribution in [0.3, 0.4) is 0 Å². The highest BCUT2D eigenvalue weighted by Crippen LogP contribution is 2.34. The van der Waals surface area contributed by atoms with Crippen LogP contribution in [0.2, 0.25) is 0 Å². The van der Waals surface area contributed by atoms with E-state index in [2.05, 4.69) is 21.9 Å². The Kier molecular flexibility index (Phi) is 6.73. The summed E-state index contributed by atoms with van der Waals surface area (Å²) in [4.78, 5) is 33.3. The molecule has 7 heteroatoms. The molecule has 1 aromatic carbocycles. The molecule has 0 aliphatic carbocycles. The zero-order valence-electron chi connectivity index (χ0n) is 18.1. The van der Waals surface area contributed by atoms with Gasteiger partial charge in [-0.15, -0.1) is 11.3 Å². The molecule has 0 atom stereocenters. The Morgan fingerprint density at radius 1 is 0.935 bits per heavy atom. The molecule has 2 amide bonds. The van der Waals surface area contributed by atoms with Gasteiger partial charge in [0.15, 0.2) is 0 Å². The Morgan fingerprint density at radius 2 is 1.65 bits per heavy atom. The van der Waals surface area contributed by atoms with Crippen LogP contribution in [-0.4, -0.2) is 67.0 Å². The van der Waals surface area contributed by atoms with Crippen molar-refractivity contribution in [1.82, 2.24) is 9.80 Å². The number of piperazine rings is 1. The van der Waals surface area contributed by atoms with Crippen molar-refractivity contribution in [3.8, 4) is 0 Å². The zero-order chi connectivity index (χ0) is 21.8. The van der Waals surface area contributed by atoms with E-state index in [1.54, 1.807) is 0 Å². The van der Waals surface area contributed by atoms with E-state index in [9.17, 15) is 9.59 Å². The third-order valence-electron chi connectivity index (χ3n) is 5.61. The summed E-state index contributed by atoms with van der Waals surface area (Å²) in [6, 6.07) is 14.2. The average molecular weight is 440 g/mol. The summed E-state index contributed by atoms with van der Waals surface area (Å²) in [5, 5.41) is 1.95. The predicted molar refractivity (Wildman–Crippen MR) is 124 cm³/mol. The van der Waals surface area contributed by atoms with Crippen molar-refractivity contribution < 1.29 is 14.3 Å². The summed E-state index contributed by atoms with van der Waals surface area (Å²) >= 11 is 1.51. The molecule has 2 aliphatic heterocycles. The highest BCUT2D eigenvalue weighted by Gasteiger charge is 2.42. The van der Waals surface area contributed by atoms with Crippen molar-refractivity contribution in [2.45, 2.75) is 26.4 Å². The second kappa shape index (κ2) is 9.66. The van der Waals surface area contributed by atoms with E-state index in [1.165, 1.54) is 21.9 Å². The largest absolute Gasteiger partial charge is 0.379 e. The van der Waals surface area contributed by atoms with Gasteiger partial charge in [-0.25, -0.2) is 0 Å². The molecule has 2 aliphatic rings. The fraction of sp³-hybridized carbons (Fsp3) is 0.417. The molecule has 0 unspecified atom stereocenters. The molecule has 0 radical (unpaired) electrons. The molecule has 4 rings (SSSR count). The first-order valence-corrected chi connectivity index (χ1v) is 11.7. The Balaban J connectivity index is 1.51. The van der Waals surface area contributed by atoms with Crippen LogP contribution in [0.1, 0.15) is 25.1 Å². The predicted octanol–water partition coefficient (Wildman–Crippen LogP) is 3.47. The standard InChI is InChI=1S/C24H29N3O3S/c1-18(2)30-16-7-11-27-23(28)21(20-10-6-17-31-20)22(24(27)29)26-14-12-25(13-15-26)19-8-4-3-5-9-19/h3-6,8-10,17-18H,7,11-16H2,1-2H3. The van der Waals surface area contributed by atoms with Crippen LogP contribution in [0.15, 0.2) is 53.5 Å². The number of thiophene rings is 1. The maximum atomic E-state index is 13.4. The fourth-order valence-corrected chi connectivity index (χ4v) is 4.83. The normalized spacial score (nSPS) is 17.5. The summed E-state index contributed by atoms with van der Waals surface area (Å²) in [5.41, 5.74) is 2.30. The van der Waals surface area contributed by atoms with Crippen LogP contribution >= 0.6 is 11.3 Å². The third kappa shape index (κ3) is 4.67. The minimum absolute atomic E-state index is 0.140. The van der Waals surface area contributed by atoms with Gasteiger partial charge in [0.1, 0.15) is 5.70 Å². The van der Waals surface area contributed by atoms with Crippen LogP contribution in [0.25, 0.3) is 5.57 Å². The van der Waals surface area contributed by atoms with Gasteiger partial charge in [0.05, 0.1) is 11.7 Å². The minimum atomic E-state index is -0.183. The quantitative estimate of drug-likeness (QED) is 0.466. The summed E-state index contributed by atoms with van der Waals surface area (Å²) in [6.45, 7) is 7.93. The van der Waals surface area contributed by atoms with Gasteiger partial charge in [0, 0.05) is 49.9 Å². The first kappa shape index (κ1) is 21.6. The van der Waals surface area contributed by atoms with Crippen LogP contribution in [0.5, 0.6) is 0 Å². The van der Waals surface area contributed by atoms with Gasteiger partial charge in [-0.2, -0.15) is 0 Å². The molecule has 1 aromatic heterocycles. The minimum Gasteiger partial charge on any atom is -0.379 e. The monoisotopic (exact) mass is 439 g/mol. The van der Waals surface area contributed by atoms with Gasteiger partial charge in [-0.3, -0.25) is 14.5 Å². The molecule has 0 spiro atoms. The van der Waals surface area contributed by atoms with Crippen molar-refractivity contribution in [2.75, 3.05) is 44.2 Å². The number of rotatable bonds is 8. The second-order valence-electron chi connectivity index (χ2n) is 8.05. The van der Waals surface area contributed by atoms with E-state index >= 15 is 0 Å². The number of amides is 2. The molecule has 6 nitrogen and oxygen atoms in total. The van der Waals surface area contributed by atoms with Crippen LogP contribution in [0, 0.1) is 0 Å². The molecule has 31 heavy (non-hydrogen) atoms. The van der Waals surface area contributed by atoms with Gasteiger partial charge >= 0.3 is 0 Å². The summed E-state index contributed by atoms with van der Waals surface area (Å²) < 4.78 is 5.59. The number of hydrogen-bond acceptors (Lipinski definition) is 6. The first-order valence-electron chi connectivity index (χ1n) is 10.9.